The Kier molecular flexibility index (Phi) is 22.5. The normalized spacial score (nSPS) is 11.1. The summed E-state index contributed by atoms with van der Waals surface area (Å²) in [5.41, 5.74) is 1.55. The Bertz CT molecular complexity index is 610. The molecule has 0 fully saturated rings. The Balaban J connectivity index is 1.80. The van der Waals surface area contributed by atoms with Crippen molar-refractivity contribution in [2.45, 2.75) is 78.1 Å². The van der Waals surface area contributed by atoms with Crippen LogP contribution in [0.2, 0.25) is 0 Å². The first kappa shape index (κ1) is 32.4. The molecule has 1 aromatic rings. The number of ether oxygens (including phenoxy) is 5. The number of hydrogen-bond donors (Lipinski definition) is 1. The highest BCUT2D eigenvalue weighted by molar-refractivity contribution is 5.89. The van der Waals surface area contributed by atoms with Gasteiger partial charge in [0.25, 0.3) is 0 Å². The van der Waals surface area contributed by atoms with Crippen molar-refractivity contribution in [1.82, 2.24) is 0 Å². The van der Waals surface area contributed by atoms with Crippen LogP contribution in [0.4, 0.5) is 5.69 Å². The quantitative estimate of drug-likeness (QED) is 0.117. The molecule has 0 aromatic heterocycles. The molecule has 208 valence electrons. The van der Waals surface area contributed by atoms with Gasteiger partial charge in [0, 0.05) is 18.8 Å². The third-order valence-corrected chi connectivity index (χ3v) is 5.70. The Hall–Kier alpha value is -1.67. The van der Waals surface area contributed by atoms with Gasteiger partial charge in [-0.25, -0.2) is 4.79 Å². The van der Waals surface area contributed by atoms with Crippen LogP contribution in [-0.2, 0) is 23.7 Å². The van der Waals surface area contributed by atoms with Gasteiger partial charge in [-0.2, -0.15) is 0 Å². The lowest BCUT2D eigenvalue weighted by Gasteiger charge is -2.09. The Morgan fingerprint density at radius 3 is 1.61 bits per heavy atom. The molecule has 36 heavy (non-hydrogen) atoms. The standard InChI is InChI=1S/C29H51NO6/c1-3-5-7-8-9-10-11-12-18-32-19-20-33-21-22-34-23-24-35-25-26-36-29(31)27-13-15-28(16-14-27)30-17-6-4-2/h13-16,30H,3-12,17-26H2,1-2H3. The van der Waals surface area contributed by atoms with Crippen LogP contribution in [0, 0.1) is 0 Å². The smallest absolute Gasteiger partial charge is 0.338 e. The van der Waals surface area contributed by atoms with Gasteiger partial charge in [-0.1, -0.05) is 65.2 Å². The van der Waals surface area contributed by atoms with E-state index in [2.05, 4.69) is 19.2 Å². The van der Waals surface area contributed by atoms with Gasteiger partial charge in [0.2, 0.25) is 0 Å². The van der Waals surface area contributed by atoms with E-state index in [9.17, 15) is 4.79 Å². The van der Waals surface area contributed by atoms with Crippen LogP contribution >= 0.6 is 0 Å². The zero-order valence-corrected chi connectivity index (χ0v) is 22.9. The fraction of sp³-hybridized carbons (Fsp3) is 0.759. The van der Waals surface area contributed by atoms with Crippen LogP contribution in [-0.4, -0.2) is 72.0 Å². The number of hydrogen-bond acceptors (Lipinski definition) is 7. The molecule has 0 spiro atoms. The molecule has 0 bridgehead atoms. The topological polar surface area (TPSA) is 75.2 Å². The molecule has 1 rings (SSSR count). The Morgan fingerprint density at radius 1 is 0.583 bits per heavy atom. The molecule has 0 aliphatic rings. The molecule has 0 atom stereocenters. The maximum atomic E-state index is 12.1. The highest BCUT2D eigenvalue weighted by atomic mass is 16.6. The Labute approximate surface area is 219 Å². The first-order chi connectivity index (χ1) is 17.8. The third kappa shape index (κ3) is 19.5. The highest BCUT2D eigenvalue weighted by Crippen LogP contribution is 2.11. The number of carbonyl (C=O) groups excluding carboxylic acids is 1. The number of anilines is 1. The van der Waals surface area contributed by atoms with E-state index in [1.807, 2.05) is 12.1 Å². The highest BCUT2D eigenvalue weighted by Gasteiger charge is 2.06. The lowest BCUT2D eigenvalue weighted by Crippen LogP contribution is -2.14. The second kappa shape index (κ2) is 25.0. The maximum absolute atomic E-state index is 12.1. The molecule has 7 nitrogen and oxygen atoms in total. The van der Waals surface area contributed by atoms with Crippen molar-refractivity contribution in [2.75, 3.05) is 71.3 Å². The van der Waals surface area contributed by atoms with Gasteiger partial charge in [-0.15, -0.1) is 0 Å². The molecule has 0 aliphatic heterocycles. The molecule has 0 saturated carbocycles. The summed E-state index contributed by atoms with van der Waals surface area (Å²) in [6, 6.07) is 7.34. The van der Waals surface area contributed by atoms with Crippen LogP contribution in [0.5, 0.6) is 0 Å². The van der Waals surface area contributed by atoms with Gasteiger partial charge in [-0.05, 0) is 37.1 Å². The van der Waals surface area contributed by atoms with Crippen LogP contribution in [0.1, 0.15) is 88.4 Å². The molecule has 0 saturated heterocycles. The number of esters is 1. The number of unbranched alkanes of at least 4 members (excludes halogenated alkanes) is 8. The van der Waals surface area contributed by atoms with E-state index in [0.29, 0.717) is 51.8 Å². The van der Waals surface area contributed by atoms with Crippen molar-refractivity contribution in [1.29, 1.82) is 0 Å². The average Bonchev–Trinajstić information content (AvgIpc) is 2.90. The van der Waals surface area contributed by atoms with E-state index >= 15 is 0 Å². The summed E-state index contributed by atoms with van der Waals surface area (Å²) in [5.74, 6) is -0.339. The summed E-state index contributed by atoms with van der Waals surface area (Å²) in [7, 11) is 0. The fourth-order valence-electron chi connectivity index (χ4n) is 3.51. The van der Waals surface area contributed by atoms with Crippen LogP contribution < -0.4 is 5.32 Å². The van der Waals surface area contributed by atoms with Gasteiger partial charge < -0.3 is 29.0 Å². The predicted molar refractivity (Wildman–Crippen MR) is 146 cm³/mol. The molecule has 0 unspecified atom stereocenters. The number of carbonyl (C=O) groups is 1. The molecule has 0 aliphatic carbocycles. The van der Waals surface area contributed by atoms with Crippen molar-refractivity contribution in [3.05, 3.63) is 29.8 Å². The predicted octanol–water partition coefficient (Wildman–Crippen LogP) is 6.26. The van der Waals surface area contributed by atoms with E-state index in [4.69, 9.17) is 23.7 Å². The molecular weight excluding hydrogens is 458 g/mol. The number of nitrogens with one attached hydrogen (secondary N) is 1. The molecule has 0 radical (unpaired) electrons. The zero-order chi connectivity index (χ0) is 25.9. The molecule has 7 heteroatoms. The number of rotatable bonds is 26. The van der Waals surface area contributed by atoms with Crippen molar-refractivity contribution < 1.29 is 28.5 Å². The summed E-state index contributed by atoms with van der Waals surface area (Å²) in [4.78, 5) is 12.1. The molecule has 1 N–H and O–H groups in total. The van der Waals surface area contributed by atoms with E-state index in [1.54, 1.807) is 12.1 Å². The van der Waals surface area contributed by atoms with Crippen molar-refractivity contribution in [3.63, 3.8) is 0 Å². The second-order valence-electron chi connectivity index (χ2n) is 8.92. The first-order valence-corrected chi connectivity index (χ1v) is 14.1. The molecule has 0 amide bonds. The number of benzene rings is 1. The lowest BCUT2D eigenvalue weighted by molar-refractivity contribution is -0.00913. The van der Waals surface area contributed by atoms with Crippen LogP contribution in [0.15, 0.2) is 24.3 Å². The minimum Gasteiger partial charge on any atom is -0.460 e. The van der Waals surface area contributed by atoms with Crippen molar-refractivity contribution >= 4 is 11.7 Å². The van der Waals surface area contributed by atoms with E-state index in [0.717, 1.165) is 38.1 Å². The first-order valence-electron chi connectivity index (χ1n) is 14.1. The summed E-state index contributed by atoms with van der Waals surface area (Å²) in [5, 5.41) is 3.32. The van der Waals surface area contributed by atoms with Crippen molar-refractivity contribution in [3.8, 4) is 0 Å². The molecule has 1 aromatic carbocycles. The fourth-order valence-corrected chi connectivity index (χ4v) is 3.51. The summed E-state index contributed by atoms with van der Waals surface area (Å²) >= 11 is 0. The van der Waals surface area contributed by atoms with Crippen LogP contribution in [0.25, 0.3) is 0 Å². The van der Waals surface area contributed by atoms with Gasteiger partial charge in [0.1, 0.15) is 6.61 Å². The van der Waals surface area contributed by atoms with Gasteiger partial charge in [0.15, 0.2) is 0 Å². The zero-order valence-electron chi connectivity index (χ0n) is 22.9. The largest absolute Gasteiger partial charge is 0.460 e. The molecule has 0 heterocycles. The average molecular weight is 510 g/mol. The van der Waals surface area contributed by atoms with E-state index in [-0.39, 0.29) is 12.6 Å². The minimum absolute atomic E-state index is 0.220. The van der Waals surface area contributed by atoms with Gasteiger partial charge in [0.05, 0.1) is 51.8 Å². The van der Waals surface area contributed by atoms with E-state index < -0.39 is 0 Å². The molecular formula is C29H51NO6. The second-order valence-corrected chi connectivity index (χ2v) is 8.92. The minimum atomic E-state index is -0.339. The SMILES string of the molecule is CCCCCCCCCCOCCOCCOCCOCCOC(=O)c1ccc(NCCCC)cc1. The lowest BCUT2D eigenvalue weighted by atomic mass is 10.1. The van der Waals surface area contributed by atoms with Crippen LogP contribution in [0.3, 0.4) is 0 Å². The summed E-state index contributed by atoms with van der Waals surface area (Å²) in [6.45, 7) is 9.98. The Morgan fingerprint density at radius 2 is 1.06 bits per heavy atom. The van der Waals surface area contributed by atoms with Gasteiger partial charge in [-0.3, -0.25) is 0 Å². The van der Waals surface area contributed by atoms with Gasteiger partial charge >= 0.3 is 5.97 Å². The summed E-state index contributed by atoms with van der Waals surface area (Å²) in [6.07, 6.45) is 12.8. The van der Waals surface area contributed by atoms with E-state index in [1.165, 1.54) is 44.9 Å². The monoisotopic (exact) mass is 509 g/mol. The summed E-state index contributed by atoms with van der Waals surface area (Å²) < 4.78 is 27.3. The third-order valence-electron chi connectivity index (χ3n) is 5.70. The maximum Gasteiger partial charge on any atom is 0.338 e. The van der Waals surface area contributed by atoms with Crippen molar-refractivity contribution in [2.24, 2.45) is 0 Å².